The molecule has 1 aliphatic carbocycles. The molecule has 0 bridgehead atoms. The lowest BCUT2D eigenvalue weighted by atomic mass is 9.82. The largest absolute Gasteiger partial charge is 0.391 e. The predicted octanol–water partition coefficient (Wildman–Crippen LogP) is 1.75. The maximum Gasteiger partial charge on any atom is 0.255 e. The minimum absolute atomic E-state index is 0.194. The molecule has 4 rings (SSSR count). The van der Waals surface area contributed by atoms with Crippen LogP contribution in [-0.4, -0.2) is 42.9 Å². The molecule has 3 atom stereocenters. The van der Waals surface area contributed by atoms with E-state index in [1.54, 1.807) is 10.9 Å². The highest BCUT2D eigenvalue weighted by Gasteiger charge is 2.43. The molecular formula is C19H19N5O2. The van der Waals surface area contributed by atoms with E-state index in [2.05, 4.69) is 20.4 Å². The molecule has 0 aliphatic heterocycles. The van der Waals surface area contributed by atoms with Crippen LogP contribution in [0.2, 0.25) is 0 Å². The third-order valence-corrected chi connectivity index (χ3v) is 4.66. The Balaban J connectivity index is 1.56. The average Bonchev–Trinajstić information content (AvgIpc) is 3.07. The third kappa shape index (κ3) is 2.97. The van der Waals surface area contributed by atoms with E-state index in [-0.39, 0.29) is 18.0 Å². The van der Waals surface area contributed by atoms with Gasteiger partial charge in [-0.2, -0.15) is 5.10 Å². The molecular weight excluding hydrogens is 330 g/mol. The second-order valence-corrected chi connectivity index (χ2v) is 6.52. The number of nitrogens with one attached hydrogen (secondary N) is 1. The number of hydrogen-bond acceptors (Lipinski definition) is 5. The first kappa shape index (κ1) is 16.4. The van der Waals surface area contributed by atoms with Crippen LogP contribution in [0.1, 0.15) is 28.4 Å². The van der Waals surface area contributed by atoms with Crippen molar-refractivity contribution in [3.8, 4) is 11.3 Å². The van der Waals surface area contributed by atoms with E-state index in [9.17, 15) is 9.90 Å². The van der Waals surface area contributed by atoms with Gasteiger partial charge >= 0.3 is 0 Å². The summed E-state index contributed by atoms with van der Waals surface area (Å²) in [4.78, 5) is 21.1. The van der Waals surface area contributed by atoms with Crippen LogP contribution in [0.5, 0.6) is 0 Å². The van der Waals surface area contributed by atoms with Crippen LogP contribution in [-0.2, 0) is 0 Å². The topological polar surface area (TPSA) is 92.9 Å². The zero-order chi connectivity index (χ0) is 18.1. The Labute approximate surface area is 150 Å². The van der Waals surface area contributed by atoms with E-state index in [0.29, 0.717) is 17.7 Å². The van der Waals surface area contributed by atoms with Crippen LogP contribution < -0.4 is 5.32 Å². The van der Waals surface area contributed by atoms with E-state index >= 15 is 0 Å². The highest BCUT2D eigenvalue weighted by atomic mass is 16.3. The Morgan fingerprint density at radius 3 is 2.77 bits per heavy atom. The number of rotatable bonds is 4. The van der Waals surface area contributed by atoms with Gasteiger partial charge in [0.05, 0.1) is 35.6 Å². The molecule has 0 unspecified atom stereocenters. The number of nitrogens with zero attached hydrogens (tertiary/aromatic N) is 4. The fraction of sp³-hybridized carbons (Fsp3) is 0.263. The minimum atomic E-state index is -0.528. The number of aliphatic hydroxyl groups excluding tert-OH is 1. The number of aryl methyl sites for hydroxylation is 1. The maximum absolute atomic E-state index is 12.8. The van der Waals surface area contributed by atoms with Gasteiger partial charge in [-0.1, -0.05) is 30.3 Å². The molecule has 26 heavy (non-hydrogen) atoms. The van der Waals surface area contributed by atoms with E-state index in [4.69, 9.17) is 0 Å². The van der Waals surface area contributed by atoms with Crippen molar-refractivity contribution in [2.75, 3.05) is 0 Å². The fourth-order valence-electron chi connectivity index (χ4n) is 3.28. The SMILES string of the molecule is Cc1cnn([C@H]2[C@H](O)C[C@@H]2NC(=O)c2cncnc2-c2ccccc2)c1. The van der Waals surface area contributed by atoms with E-state index in [1.165, 1.54) is 12.5 Å². The van der Waals surface area contributed by atoms with E-state index in [1.807, 2.05) is 43.5 Å². The quantitative estimate of drug-likeness (QED) is 0.749. The Kier molecular flexibility index (Phi) is 4.22. The first-order valence-electron chi connectivity index (χ1n) is 8.48. The molecule has 0 saturated heterocycles. The first-order valence-corrected chi connectivity index (χ1v) is 8.48. The lowest BCUT2D eigenvalue weighted by Crippen LogP contribution is -2.56. The van der Waals surface area contributed by atoms with Gasteiger partial charge in [-0.3, -0.25) is 9.48 Å². The number of amides is 1. The lowest BCUT2D eigenvalue weighted by molar-refractivity contribution is -0.00589. The monoisotopic (exact) mass is 349 g/mol. The summed E-state index contributed by atoms with van der Waals surface area (Å²) in [6, 6.07) is 9.06. The van der Waals surface area contributed by atoms with Gasteiger partial charge < -0.3 is 10.4 Å². The van der Waals surface area contributed by atoms with Crippen LogP contribution in [0.3, 0.4) is 0 Å². The molecule has 1 aliphatic rings. The summed E-state index contributed by atoms with van der Waals surface area (Å²) >= 11 is 0. The summed E-state index contributed by atoms with van der Waals surface area (Å²) < 4.78 is 1.72. The molecule has 0 spiro atoms. The Hall–Kier alpha value is -3.06. The second-order valence-electron chi connectivity index (χ2n) is 6.52. The molecule has 2 aromatic heterocycles. The molecule has 132 valence electrons. The standard InChI is InChI=1S/C19H19N5O2/c1-12-8-22-24(10-12)18-15(7-16(18)25)23-19(26)14-9-20-11-21-17(14)13-5-3-2-4-6-13/h2-6,8-11,15-16,18,25H,7H2,1H3,(H,23,26)/t15-,16+,18+/m0/s1. The van der Waals surface area contributed by atoms with E-state index < -0.39 is 6.10 Å². The van der Waals surface area contributed by atoms with Crippen molar-refractivity contribution in [3.05, 3.63) is 66.4 Å². The number of aliphatic hydroxyl groups is 1. The number of carbonyl (C=O) groups is 1. The normalized spacial score (nSPS) is 21.8. The van der Waals surface area contributed by atoms with Gasteiger partial charge in [0.1, 0.15) is 6.33 Å². The van der Waals surface area contributed by atoms with Gasteiger partial charge in [0.25, 0.3) is 5.91 Å². The van der Waals surface area contributed by atoms with Gasteiger partial charge in [-0.25, -0.2) is 9.97 Å². The Bertz CT molecular complexity index is 924. The summed E-state index contributed by atoms with van der Waals surface area (Å²) in [6.07, 6.45) is 6.52. The maximum atomic E-state index is 12.8. The van der Waals surface area contributed by atoms with Crippen LogP contribution in [0.15, 0.2) is 55.2 Å². The van der Waals surface area contributed by atoms with Crippen molar-refractivity contribution in [2.45, 2.75) is 31.5 Å². The van der Waals surface area contributed by atoms with Crippen molar-refractivity contribution in [1.29, 1.82) is 0 Å². The molecule has 1 aromatic carbocycles. The highest BCUT2D eigenvalue weighted by Crippen LogP contribution is 2.33. The second kappa shape index (κ2) is 6.68. The van der Waals surface area contributed by atoms with Crippen molar-refractivity contribution in [2.24, 2.45) is 0 Å². The Morgan fingerprint density at radius 1 is 1.27 bits per heavy atom. The third-order valence-electron chi connectivity index (χ3n) is 4.66. The molecule has 1 fully saturated rings. The molecule has 3 aromatic rings. The van der Waals surface area contributed by atoms with Crippen LogP contribution >= 0.6 is 0 Å². The summed E-state index contributed by atoms with van der Waals surface area (Å²) in [5, 5.41) is 17.4. The predicted molar refractivity (Wildman–Crippen MR) is 95.3 cm³/mol. The highest BCUT2D eigenvalue weighted by molar-refractivity contribution is 5.99. The zero-order valence-electron chi connectivity index (χ0n) is 14.3. The van der Waals surface area contributed by atoms with Crippen molar-refractivity contribution in [3.63, 3.8) is 0 Å². The van der Waals surface area contributed by atoms with E-state index in [0.717, 1.165) is 11.1 Å². The smallest absolute Gasteiger partial charge is 0.255 e. The van der Waals surface area contributed by atoms with Gasteiger partial charge in [-0.05, 0) is 18.9 Å². The molecule has 7 heteroatoms. The average molecular weight is 349 g/mol. The van der Waals surface area contributed by atoms with Crippen molar-refractivity contribution < 1.29 is 9.90 Å². The number of benzene rings is 1. The fourth-order valence-corrected chi connectivity index (χ4v) is 3.28. The van der Waals surface area contributed by atoms with Gasteiger partial charge in [0.2, 0.25) is 0 Å². The van der Waals surface area contributed by atoms with Crippen LogP contribution in [0, 0.1) is 6.92 Å². The summed E-state index contributed by atoms with van der Waals surface area (Å²) in [5.41, 5.74) is 2.87. The van der Waals surface area contributed by atoms with Crippen LogP contribution in [0.4, 0.5) is 0 Å². The van der Waals surface area contributed by atoms with Gasteiger partial charge in [0.15, 0.2) is 0 Å². The summed E-state index contributed by atoms with van der Waals surface area (Å²) in [5.74, 6) is -0.254. The first-order chi connectivity index (χ1) is 12.6. The minimum Gasteiger partial charge on any atom is -0.391 e. The van der Waals surface area contributed by atoms with Crippen LogP contribution in [0.25, 0.3) is 11.3 Å². The molecule has 2 heterocycles. The van der Waals surface area contributed by atoms with Crippen molar-refractivity contribution in [1.82, 2.24) is 25.1 Å². The summed E-state index contributed by atoms with van der Waals surface area (Å²) in [6.45, 7) is 1.94. The van der Waals surface area contributed by atoms with Gasteiger partial charge in [0, 0.05) is 18.0 Å². The van der Waals surface area contributed by atoms with Crippen molar-refractivity contribution >= 4 is 5.91 Å². The molecule has 1 saturated carbocycles. The molecule has 1 amide bonds. The number of hydrogen-bond donors (Lipinski definition) is 2. The number of carbonyl (C=O) groups excluding carboxylic acids is 1. The zero-order valence-corrected chi connectivity index (χ0v) is 14.3. The number of aromatic nitrogens is 4. The molecule has 7 nitrogen and oxygen atoms in total. The Morgan fingerprint density at radius 2 is 2.08 bits per heavy atom. The van der Waals surface area contributed by atoms with Gasteiger partial charge in [-0.15, -0.1) is 0 Å². The lowest BCUT2D eigenvalue weighted by Gasteiger charge is -2.41. The summed E-state index contributed by atoms with van der Waals surface area (Å²) in [7, 11) is 0. The molecule has 0 radical (unpaired) electrons. The molecule has 2 N–H and O–H groups in total.